The van der Waals surface area contributed by atoms with Crippen LogP contribution < -0.4 is 14.8 Å². The van der Waals surface area contributed by atoms with Crippen molar-refractivity contribution in [2.24, 2.45) is 11.8 Å². The van der Waals surface area contributed by atoms with Crippen LogP contribution >= 0.6 is 0 Å². The minimum Gasteiger partial charge on any atom is -0.493 e. The number of amides is 2. The monoisotopic (exact) mass is 488 g/mol. The van der Waals surface area contributed by atoms with Crippen LogP contribution in [-0.2, 0) is 16.2 Å². The van der Waals surface area contributed by atoms with Crippen LogP contribution in [0.2, 0.25) is 0 Å². The van der Waals surface area contributed by atoms with E-state index in [9.17, 15) is 24.9 Å². The maximum Gasteiger partial charge on any atom is 0.247 e. The third-order valence-corrected chi connectivity index (χ3v) is 6.91. The van der Waals surface area contributed by atoms with Crippen LogP contribution in [0, 0.1) is 11.8 Å². The fourth-order valence-electron chi connectivity index (χ4n) is 5.05. The molecule has 4 N–H and O–H groups in total. The average molecular weight is 489 g/mol. The molecule has 9 nitrogen and oxygen atoms in total. The molecule has 4 atom stereocenters. The van der Waals surface area contributed by atoms with E-state index in [-0.39, 0.29) is 31.6 Å². The Morgan fingerprint density at radius 1 is 1.26 bits per heavy atom. The molecule has 0 saturated heterocycles. The van der Waals surface area contributed by atoms with Gasteiger partial charge in [0.05, 0.1) is 32.3 Å². The zero-order chi connectivity index (χ0) is 25.3. The molecule has 3 aliphatic rings. The third kappa shape index (κ3) is 5.17. The Labute approximate surface area is 205 Å². The average Bonchev–Trinajstić information content (AvgIpc) is 3.58. The number of aliphatic hydroxyl groups is 3. The van der Waals surface area contributed by atoms with E-state index in [1.165, 1.54) is 7.11 Å². The zero-order valence-corrected chi connectivity index (χ0v) is 20.6. The van der Waals surface area contributed by atoms with Crippen molar-refractivity contribution in [2.75, 3.05) is 26.8 Å². The van der Waals surface area contributed by atoms with E-state index < -0.39 is 30.1 Å². The van der Waals surface area contributed by atoms with E-state index in [1.54, 1.807) is 23.1 Å². The summed E-state index contributed by atoms with van der Waals surface area (Å²) in [5.74, 6) is 0.313. The highest BCUT2D eigenvalue weighted by atomic mass is 16.5. The van der Waals surface area contributed by atoms with Crippen molar-refractivity contribution in [2.45, 2.75) is 63.9 Å². The van der Waals surface area contributed by atoms with Gasteiger partial charge in [0.25, 0.3) is 0 Å². The number of nitrogens with one attached hydrogen (secondary N) is 1. The predicted molar refractivity (Wildman–Crippen MR) is 128 cm³/mol. The van der Waals surface area contributed by atoms with Crippen LogP contribution in [0.5, 0.6) is 11.5 Å². The Morgan fingerprint density at radius 3 is 2.60 bits per heavy atom. The number of rotatable bonds is 10. The smallest absolute Gasteiger partial charge is 0.247 e. The van der Waals surface area contributed by atoms with Crippen LogP contribution in [0.1, 0.15) is 50.2 Å². The van der Waals surface area contributed by atoms with Crippen LogP contribution in [-0.4, -0.2) is 77.1 Å². The lowest BCUT2D eigenvalue weighted by Gasteiger charge is -2.41. The molecular formula is C26H36N2O7. The number of fused-ring (bicyclic) bond motifs is 3. The summed E-state index contributed by atoms with van der Waals surface area (Å²) >= 11 is 0. The van der Waals surface area contributed by atoms with E-state index >= 15 is 0 Å². The molecule has 2 aliphatic carbocycles. The lowest BCUT2D eigenvalue weighted by Crippen LogP contribution is -2.56. The summed E-state index contributed by atoms with van der Waals surface area (Å²) in [5, 5.41) is 33.2. The molecule has 1 aliphatic heterocycles. The van der Waals surface area contributed by atoms with Gasteiger partial charge in [-0.3, -0.25) is 9.59 Å². The van der Waals surface area contributed by atoms with Gasteiger partial charge in [-0.15, -0.1) is 0 Å². The second-order valence-corrected chi connectivity index (χ2v) is 10.1. The molecule has 0 aromatic heterocycles. The second kappa shape index (κ2) is 10.6. The maximum absolute atomic E-state index is 13.3. The summed E-state index contributed by atoms with van der Waals surface area (Å²) < 4.78 is 11.7. The Bertz CT molecular complexity index is 988. The van der Waals surface area contributed by atoms with Gasteiger partial charge in [0.1, 0.15) is 12.2 Å². The molecule has 1 fully saturated rings. The summed E-state index contributed by atoms with van der Waals surface area (Å²) in [6, 6.07) is 2.70. The largest absolute Gasteiger partial charge is 0.493 e. The van der Waals surface area contributed by atoms with E-state index in [0.717, 1.165) is 12.8 Å². The van der Waals surface area contributed by atoms with Crippen LogP contribution in [0.15, 0.2) is 23.8 Å². The van der Waals surface area contributed by atoms with Crippen molar-refractivity contribution in [1.29, 1.82) is 0 Å². The van der Waals surface area contributed by atoms with Gasteiger partial charge in [0.15, 0.2) is 11.5 Å². The van der Waals surface area contributed by atoms with Gasteiger partial charge in [-0.25, -0.2) is 0 Å². The van der Waals surface area contributed by atoms with Gasteiger partial charge in [-0.1, -0.05) is 13.8 Å². The highest BCUT2D eigenvalue weighted by molar-refractivity contribution is 5.96. The molecule has 0 unspecified atom stereocenters. The first-order valence-electron chi connectivity index (χ1n) is 12.4. The Kier molecular flexibility index (Phi) is 7.68. The minimum absolute atomic E-state index is 0.0589. The van der Waals surface area contributed by atoms with Gasteiger partial charge in [0.2, 0.25) is 11.8 Å². The summed E-state index contributed by atoms with van der Waals surface area (Å²) in [6.07, 6.45) is 2.23. The molecule has 1 saturated carbocycles. The predicted octanol–water partition coefficient (Wildman–Crippen LogP) is 1.09. The number of carbonyl (C=O) groups excluding carboxylic acids is 2. The number of nitrogens with zero attached hydrogens (tertiary/aromatic N) is 1. The van der Waals surface area contributed by atoms with E-state index in [2.05, 4.69) is 5.32 Å². The van der Waals surface area contributed by atoms with E-state index in [1.807, 2.05) is 13.8 Å². The fraction of sp³-hybridized carbons (Fsp3) is 0.615. The van der Waals surface area contributed by atoms with Crippen molar-refractivity contribution in [3.63, 3.8) is 0 Å². The van der Waals surface area contributed by atoms with Crippen molar-refractivity contribution >= 4 is 11.8 Å². The fourth-order valence-corrected chi connectivity index (χ4v) is 5.05. The number of hydrogen-bond donors (Lipinski definition) is 4. The molecule has 0 bridgehead atoms. The Hall–Kier alpha value is -2.62. The van der Waals surface area contributed by atoms with Crippen molar-refractivity contribution in [1.82, 2.24) is 10.2 Å². The lowest BCUT2D eigenvalue weighted by atomic mass is 9.77. The number of ether oxygens (including phenoxy) is 2. The number of benzene rings is 1. The number of methoxy groups -OCH3 is 1. The van der Waals surface area contributed by atoms with E-state index in [0.29, 0.717) is 47.1 Å². The highest BCUT2D eigenvalue weighted by Crippen LogP contribution is 2.51. The standard InChI is InChI=1S/C26H36N2O7/c1-14(2)8-21(31)28(12-15-4-5-15)19-11-18(26(33)27-6-7-29)22-17-9-16(13-30)10-20(34-3)24(17)35-25(22)23(19)32/h9-11,14-15,19,22-23,25,29-30,32H,4-8,12-13H2,1-3H3,(H,27,33)/t19-,22+,23+,25+/m1/s1. The molecule has 35 heavy (non-hydrogen) atoms. The molecule has 9 heteroatoms. The second-order valence-electron chi connectivity index (χ2n) is 10.1. The molecule has 4 rings (SSSR count). The van der Waals surface area contributed by atoms with Crippen molar-refractivity contribution in [3.05, 3.63) is 34.9 Å². The topological polar surface area (TPSA) is 129 Å². The molecule has 192 valence electrons. The van der Waals surface area contributed by atoms with Gasteiger partial charge in [0, 0.05) is 30.6 Å². The first-order chi connectivity index (χ1) is 16.8. The van der Waals surface area contributed by atoms with Crippen LogP contribution in [0.4, 0.5) is 0 Å². The molecule has 1 heterocycles. The van der Waals surface area contributed by atoms with Gasteiger partial charge < -0.3 is 35.0 Å². The molecule has 1 aromatic carbocycles. The van der Waals surface area contributed by atoms with Gasteiger partial charge in [-0.05, 0) is 48.4 Å². The number of hydrogen-bond acceptors (Lipinski definition) is 7. The van der Waals surface area contributed by atoms with Gasteiger partial charge >= 0.3 is 0 Å². The first-order valence-corrected chi connectivity index (χ1v) is 12.4. The Balaban J connectivity index is 1.78. The maximum atomic E-state index is 13.3. The molecular weight excluding hydrogens is 452 g/mol. The quantitative estimate of drug-likeness (QED) is 0.388. The zero-order valence-electron chi connectivity index (χ0n) is 20.6. The summed E-state index contributed by atoms with van der Waals surface area (Å²) in [6.45, 7) is 4.12. The minimum atomic E-state index is -1.07. The molecule has 2 amide bonds. The van der Waals surface area contributed by atoms with Crippen LogP contribution in [0.3, 0.4) is 0 Å². The highest BCUT2D eigenvalue weighted by Gasteiger charge is 2.51. The third-order valence-electron chi connectivity index (χ3n) is 6.91. The van der Waals surface area contributed by atoms with Crippen molar-refractivity contribution in [3.8, 4) is 11.5 Å². The summed E-state index contributed by atoms with van der Waals surface area (Å²) in [7, 11) is 1.49. The van der Waals surface area contributed by atoms with Crippen LogP contribution in [0.25, 0.3) is 0 Å². The first kappa shape index (κ1) is 25.5. The van der Waals surface area contributed by atoms with E-state index in [4.69, 9.17) is 9.47 Å². The number of aliphatic hydroxyl groups excluding tert-OH is 3. The summed E-state index contributed by atoms with van der Waals surface area (Å²) in [5.41, 5.74) is 1.61. The number of carbonyl (C=O) groups is 2. The van der Waals surface area contributed by atoms with Crippen molar-refractivity contribution < 1.29 is 34.4 Å². The SMILES string of the molecule is COc1cc(CO)cc2c1O[C@@H]1[C@@H](O)[C@H](N(CC3CC3)C(=O)CC(C)C)C=C(C(=O)NCCO)[C@H]21. The molecule has 0 radical (unpaired) electrons. The Morgan fingerprint density at radius 2 is 2.00 bits per heavy atom. The summed E-state index contributed by atoms with van der Waals surface area (Å²) in [4.78, 5) is 28.2. The lowest BCUT2D eigenvalue weighted by molar-refractivity contribution is -0.138. The molecule has 0 spiro atoms. The molecule has 1 aromatic rings. The normalized spacial score (nSPS) is 24.8. The van der Waals surface area contributed by atoms with Gasteiger partial charge in [-0.2, -0.15) is 0 Å².